The summed E-state index contributed by atoms with van der Waals surface area (Å²) in [5.41, 5.74) is 0.818. The first-order chi connectivity index (χ1) is 8.50. The minimum atomic E-state index is -1.20. The molecule has 0 aromatic heterocycles. The lowest BCUT2D eigenvalue weighted by Crippen LogP contribution is -2.45. The molecular formula is C12H14ClNO4. The van der Waals surface area contributed by atoms with Gasteiger partial charge in [-0.2, -0.15) is 0 Å². The predicted octanol–water partition coefficient (Wildman–Crippen LogP) is 1.99. The first kappa shape index (κ1) is 14.3. The Morgan fingerprint density at radius 2 is 2.00 bits per heavy atom. The zero-order valence-electron chi connectivity index (χ0n) is 9.80. The molecule has 5 nitrogen and oxygen atoms in total. The van der Waals surface area contributed by atoms with Crippen LogP contribution in [0.4, 0.5) is 4.79 Å². The van der Waals surface area contributed by atoms with Gasteiger partial charge in [0.05, 0.1) is 5.38 Å². The van der Waals surface area contributed by atoms with E-state index in [1.165, 1.54) is 6.92 Å². The van der Waals surface area contributed by atoms with Crippen LogP contribution in [0.5, 0.6) is 0 Å². The van der Waals surface area contributed by atoms with Crippen molar-refractivity contribution in [3.63, 3.8) is 0 Å². The third kappa shape index (κ3) is 4.63. The number of amides is 1. The average molecular weight is 272 g/mol. The maximum atomic E-state index is 11.4. The van der Waals surface area contributed by atoms with E-state index in [9.17, 15) is 9.59 Å². The summed E-state index contributed by atoms with van der Waals surface area (Å²) < 4.78 is 4.89. The summed E-state index contributed by atoms with van der Waals surface area (Å²) in [7, 11) is 0. The number of alkyl carbamates (subject to hydrolysis) is 1. The summed E-state index contributed by atoms with van der Waals surface area (Å²) in [6, 6.07) is 7.90. The standard InChI is InChI=1S/C12H14ClNO4/c1-8(13)10(11(15)16)14-12(17)18-7-9-5-3-2-4-6-9/h2-6,8,10H,7H2,1H3,(H,14,17)(H,15,16)/t8-,10-/m0/s1. The molecule has 0 saturated heterocycles. The third-order valence-electron chi connectivity index (χ3n) is 2.21. The fourth-order valence-electron chi connectivity index (χ4n) is 1.26. The highest BCUT2D eigenvalue weighted by Gasteiger charge is 2.25. The van der Waals surface area contributed by atoms with Gasteiger partial charge in [-0.1, -0.05) is 30.3 Å². The SMILES string of the molecule is C[C@H](Cl)[C@H](NC(=O)OCc1ccccc1)C(=O)O. The Labute approximate surface area is 110 Å². The van der Waals surface area contributed by atoms with E-state index < -0.39 is 23.5 Å². The molecule has 1 rings (SSSR count). The molecule has 6 heteroatoms. The van der Waals surface area contributed by atoms with Crippen LogP contribution in [0.1, 0.15) is 12.5 Å². The van der Waals surface area contributed by atoms with Crippen LogP contribution in [0.15, 0.2) is 30.3 Å². The fraction of sp³-hybridized carbons (Fsp3) is 0.333. The lowest BCUT2D eigenvalue weighted by Gasteiger charge is -2.16. The molecule has 0 aliphatic carbocycles. The molecule has 0 bridgehead atoms. The highest BCUT2D eigenvalue weighted by molar-refractivity contribution is 6.22. The van der Waals surface area contributed by atoms with Crippen molar-refractivity contribution in [3.05, 3.63) is 35.9 Å². The number of hydrogen-bond acceptors (Lipinski definition) is 3. The maximum Gasteiger partial charge on any atom is 0.408 e. The number of halogens is 1. The molecule has 1 amide bonds. The molecule has 0 heterocycles. The number of ether oxygens (including phenoxy) is 1. The molecule has 0 aliphatic heterocycles. The number of alkyl halides is 1. The van der Waals surface area contributed by atoms with Crippen LogP contribution in [-0.2, 0) is 16.1 Å². The van der Waals surface area contributed by atoms with E-state index in [1.54, 1.807) is 12.1 Å². The van der Waals surface area contributed by atoms with Gasteiger partial charge in [-0.25, -0.2) is 9.59 Å². The lowest BCUT2D eigenvalue weighted by atomic mass is 10.2. The van der Waals surface area contributed by atoms with Crippen LogP contribution in [0.2, 0.25) is 0 Å². The van der Waals surface area contributed by atoms with Gasteiger partial charge in [-0.3, -0.25) is 0 Å². The Balaban J connectivity index is 2.44. The van der Waals surface area contributed by atoms with E-state index in [0.29, 0.717) is 0 Å². The zero-order chi connectivity index (χ0) is 13.5. The smallest absolute Gasteiger partial charge is 0.408 e. The molecule has 1 aromatic rings. The lowest BCUT2D eigenvalue weighted by molar-refractivity contribution is -0.139. The zero-order valence-corrected chi connectivity index (χ0v) is 10.6. The molecule has 2 N–H and O–H groups in total. The molecule has 18 heavy (non-hydrogen) atoms. The van der Waals surface area contributed by atoms with Gasteiger partial charge in [0.1, 0.15) is 12.6 Å². The molecule has 1 aromatic carbocycles. The molecule has 0 spiro atoms. The summed E-state index contributed by atoms with van der Waals surface area (Å²) in [5.74, 6) is -1.20. The normalized spacial score (nSPS) is 13.4. The van der Waals surface area contributed by atoms with E-state index in [1.807, 2.05) is 18.2 Å². The summed E-state index contributed by atoms with van der Waals surface area (Å²) in [5, 5.41) is 10.3. The minimum absolute atomic E-state index is 0.0790. The first-order valence-corrected chi connectivity index (χ1v) is 5.78. The molecule has 0 saturated carbocycles. The number of carbonyl (C=O) groups excluding carboxylic acids is 1. The van der Waals surface area contributed by atoms with Crippen molar-refractivity contribution < 1.29 is 19.4 Å². The monoisotopic (exact) mass is 271 g/mol. The van der Waals surface area contributed by atoms with Crippen molar-refractivity contribution in [2.45, 2.75) is 24.9 Å². The Morgan fingerprint density at radius 3 is 2.50 bits per heavy atom. The van der Waals surface area contributed by atoms with Crippen LogP contribution < -0.4 is 5.32 Å². The number of aliphatic carboxylic acids is 1. The molecule has 98 valence electrons. The van der Waals surface area contributed by atoms with Gasteiger partial charge in [0, 0.05) is 0 Å². The third-order valence-corrected chi connectivity index (χ3v) is 2.46. The number of nitrogens with one attached hydrogen (secondary N) is 1. The molecule has 0 radical (unpaired) electrons. The topological polar surface area (TPSA) is 75.6 Å². The van der Waals surface area contributed by atoms with Gasteiger partial charge >= 0.3 is 12.1 Å². The highest BCUT2D eigenvalue weighted by atomic mass is 35.5. The number of carbonyl (C=O) groups is 2. The van der Waals surface area contributed by atoms with Crippen LogP contribution in [-0.4, -0.2) is 28.6 Å². The van der Waals surface area contributed by atoms with E-state index in [0.717, 1.165) is 5.56 Å². The van der Waals surface area contributed by atoms with Gasteiger partial charge < -0.3 is 15.2 Å². The Kier molecular flexibility index (Phi) is 5.45. The van der Waals surface area contributed by atoms with Gasteiger partial charge in [0.25, 0.3) is 0 Å². The van der Waals surface area contributed by atoms with Crippen molar-refractivity contribution in [2.75, 3.05) is 0 Å². The van der Waals surface area contributed by atoms with E-state index in [2.05, 4.69) is 5.32 Å². The number of benzene rings is 1. The summed E-state index contributed by atoms with van der Waals surface area (Å²) in [6.07, 6.45) is -0.807. The van der Waals surface area contributed by atoms with Crippen molar-refractivity contribution in [1.82, 2.24) is 5.32 Å². The Bertz CT molecular complexity index is 408. The summed E-state index contributed by atoms with van der Waals surface area (Å²) in [6.45, 7) is 1.56. The molecular weight excluding hydrogens is 258 g/mol. The van der Waals surface area contributed by atoms with Crippen LogP contribution in [0.3, 0.4) is 0 Å². The molecule has 0 unspecified atom stereocenters. The first-order valence-electron chi connectivity index (χ1n) is 5.35. The number of carboxylic acid groups (broad SMARTS) is 1. The van der Waals surface area contributed by atoms with E-state index in [-0.39, 0.29) is 6.61 Å². The molecule has 0 fully saturated rings. The van der Waals surface area contributed by atoms with E-state index >= 15 is 0 Å². The van der Waals surface area contributed by atoms with Crippen LogP contribution in [0, 0.1) is 0 Å². The summed E-state index contributed by atoms with van der Waals surface area (Å²) in [4.78, 5) is 22.2. The number of rotatable bonds is 5. The largest absolute Gasteiger partial charge is 0.480 e. The minimum Gasteiger partial charge on any atom is -0.480 e. The molecule has 2 atom stereocenters. The van der Waals surface area contributed by atoms with Crippen LogP contribution >= 0.6 is 11.6 Å². The van der Waals surface area contributed by atoms with Crippen molar-refractivity contribution >= 4 is 23.7 Å². The van der Waals surface area contributed by atoms with Gasteiger partial charge in [-0.05, 0) is 12.5 Å². The average Bonchev–Trinajstić information content (AvgIpc) is 2.34. The second-order valence-electron chi connectivity index (χ2n) is 3.70. The fourth-order valence-corrected chi connectivity index (χ4v) is 1.44. The Hall–Kier alpha value is -1.75. The summed E-state index contributed by atoms with van der Waals surface area (Å²) >= 11 is 5.65. The maximum absolute atomic E-state index is 11.4. The molecule has 0 aliphatic rings. The predicted molar refractivity (Wildman–Crippen MR) is 66.5 cm³/mol. The highest BCUT2D eigenvalue weighted by Crippen LogP contribution is 2.04. The van der Waals surface area contributed by atoms with Gasteiger partial charge in [-0.15, -0.1) is 11.6 Å². The van der Waals surface area contributed by atoms with Gasteiger partial charge in [0.2, 0.25) is 0 Å². The van der Waals surface area contributed by atoms with E-state index in [4.69, 9.17) is 21.4 Å². The van der Waals surface area contributed by atoms with Gasteiger partial charge in [0.15, 0.2) is 0 Å². The van der Waals surface area contributed by atoms with Crippen molar-refractivity contribution in [1.29, 1.82) is 0 Å². The second kappa shape index (κ2) is 6.86. The number of carboxylic acids is 1. The van der Waals surface area contributed by atoms with Crippen LogP contribution in [0.25, 0.3) is 0 Å². The quantitative estimate of drug-likeness (QED) is 0.803. The Morgan fingerprint density at radius 1 is 1.39 bits per heavy atom. The number of hydrogen-bond donors (Lipinski definition) is 2. The second-order valence-corrected chi connectivity index (χ2v) is 4.39. The van der Waals surface area contributed by atoms with Crippen molar-refractivity contribution in [2.24, 2.45) is 0 Å². The van der Waals surface area contributed by atoms with Crippen molar-refractivity contribution in [3.8, 4) is 0 Å².